The normalized spacial score (nSPS) is 13.5. The third-order valence-electron chi connectivity index (χ3n) is 10.0. The monoisotopic (exact) mass is 603 g/mol. The van der Waals surface area contributed by atoms with E-state index in [2.05, 4.69) is 140 Å². The van der Waals surface area contributed by atoms with Crippen molar-refractivity contribution in [3.63, 3.8) is 0 Å². The minimum absolute atomic E-state index is 0.117. The molecule has 0 saturated carbocycles. The number of furan rings is 1. The Morgan fingerprint density at radius 1 is 0.553 bits per heavy atom. The molecule has 9 aromatic rings. The fourth-order valence-corrected chi connectivity index (χ4v) is 7.75. The highest BCUT2D eigenvalue weighted by Gasteiger charge is 2.35. The van der Waals surface area contributed by atoms with Crippen LogP contribution in [0.1, 0.15) is 25.0 Å². The summed E-state index contributed by atoms with van der Waals surface area (Å²) < 4.78 is 8.86. The molecule has 3 heterocycles. The Labute approximate surface area is 271 Å². The molecule has 0 bridgehead atoms. The van der Waals surface area contributed by atoms with Crippen molar-refractivity contribution >= 4 is 43.9 Å². The van der Waals surface area contributed by atoms with Gasteiger partial charge in [0.1, 0.15) is 16.8 Å². The van der Waals surface area contributed by atoms with Gasteiger partial charge in [0.2, 0.25) is 0 Å². The molecule has 10 rings (SSSR count). The summed E-state index contributed by atoms with van der Waals surface area (Å²) >= 11 is 0. The minimum atomic E-state index is -0.117. The van der Waals surface area contributed by atoms with Crippen LogP contribution >= 0.6 is 0 Å². The van der Waals surface area contributed by atoms with E-state index in [1.807, 2.05) is 18.2 Å². The predicted octanol–water partition coefficient (Wildman–Crippen LogP) is 11.1. The van der Waals surface area contributed by atoms with E-state index in [9.17, 15) is 0 Å². The second-order valence-corrected chi connectivity index (χ2v) is 13.0. The Hall–Kier alpha value is -6.00. The van der Waals surface area contributed by atoms with E-state index in [1.54, 1.807) is 0 Å². The van der Waals surface area contributed by atoms with E-state index in [-0.39, 0.29) is 5.41 Å². The van der Waals surface area contributed by atoms with E-state index in [0.29, 0.717) is 11.4 Å². The molecule has 0 saturated heterocycles. The van der Waals surface area contributed by atoms with Gasteiger partial charge in [-0.05, 0) is 64.7 Å². The van der Waals surface area contributed by atoms with Crippen molar-refractivity contribution in [3.8, 4) is 39.5 Å². The van der Waals surface area contributed by atoms with Crippen LogP contribution in [0.15, 0.2) is 144 Å². The summed E-state index contributed by atoms with van der Waals surface area (Å²) in [6.45, 7) is 4.61. The largest absolute Gasteiger partial charge is 0.452 e. The van der Waals surface area contributed by atoms with Crippen LogP contribution in [0, 0.1) is 0 Å². The van der Waals surface area contributed by atoms with Crippen LogP contribution in [0.25, 0.3) is 83.3 Å². The molecule has 0 amide bonds. The second-order valence-electron chi connectivity index (χ2n) is 13.0. The smallest absolute Gasteiger partial charge is 0.180 e. The number of hydrogen-bond donors (Lipinski definition) is 0. The maximum atomic E-state index is 6.52. The van der Waals surface area contributed by atoms with Crippen LogP contribution in [-0.2, 0) is 5.41 Å². The molecular weight excluding hydrogens is 574 g/mol. The molecule has 0 spiro atoms. The average molecular weight is 604 g/mol. The Bertz CT molecular complexity index is 2670. The average Bonchev–Trinajstić information content (AvgIpc) is 3.74. The highest BCUT2D eigenvalue weighted by molar-refractivity contribution is 6.10. The van der Waals surface area contributed by atoms with E-state index in [0.717, 1.165) is 39.0 Å². The number of nitrogens with zero attached hydrogens (tertiary/aromatic N) is 3. The molecule has 3 aromatic heterocycles. The first-order chi connectivity index (χ1) is 23.1. The first-order valence-corrected chi connectivity index (χ1v) is 16.1. The van der Waals surface area contributed by atoms with Gasteiger partial charge in [-0.15, -0.1) is 0 Å². The molecule has 1 aliphatic rings. The van der Waals surface area contributed by atoms with E-state index < -0.39 is 0 Å². The summed E-state index contributed by atoms with van der Waals surface area (Å²) in [5, 5.41) is 3.46. The second kappa shape index (κ2) is 9.51. The Balaban J connectivity index is 1.21. The standard InChI is InChI=1S/C43H29N3O/c1-43(2)34-18-7-3-14-29(34)30-23-22-27(25-35(30)43)42-44-39(41-40(45-42)33-17-6-10-21-38(33)47-41)26-12-11-13-28(24-26)46-36-19-8-4-15-31(36)32-16-5-9-20-37(32)46/h3-25H,1-2H3. The number of aromatic nitrogens is 3. The quantitative estimate of drug-likeness (QED) is 0.202. The fourth-order valence-electron chi connectivity index (χ4n) is 7.75. The first-order valence-electron chi connectivity index (χ1n) is 16.1. The van der Waals surface area contributed by atoms with Gasteiger partial charge in [-0.25, -0.2) is 9.97 Å². The van der Waals surface area contributed by atoms with Gasteiger partial charge in [-0.3, -0.25) is 0 Å². The van der Waals surface area contributed by atoms with E-state index in [1.165, 1.54) is 44.1 Å². The summed E-state index contributed by atoms with van der Waals surface area (Å²) in [5.41, 5.74) is 13.6. The molecule has 0 radical (unpaired) electrons. The van der Waals surface area contributed by atoms with Crippen molar-refractivity contribution in [1.29, 1.82) is 0 Å². The Morgan fingerprint density at radius 2 is 1.23 bits per heavy atom. The highest BCUT2D eigenvalue weighted by Crippen LogP contribution is 2.49. The molecule has 0 N–H and O–H groups in total. The third-order valence-corrected chi connectivity index (χ3v) is 10.0. The van der Waals surface area contributed by atoms with Gasteiger partial charge in [-0.1, -0.05) is 111 Å². The maximum absolute atomic E-state index is 6.52. The van der Waals surface area contributed by atoms with Crippen molar-refractivity contribution in [2.45, 2.75) is 19.3 Å². The topological polar surface area (TPSA) is 43.9 Å². The summed E-state index contributed by atoms with van der Waals surface area (Å²) in [5.74, 6) is 0.691. The van der Waals surface area contributed by atoms with Gasteiger partial charge < -0.3 is 8.98 Å². The van der Waals surface area contributed by atoms with E-state index >= 15 is 0 Å². The maximum Gasteiger partial charge on any atom is 0.180 e. The number of benzene rings is 6. The van der Waals surface area contributed by atoms with Crippen LogP contribution in [-0.4, -0.2) is 14.5 Å². The molecule has 47 heavy (non-hydrogen) atoms. The number of para-hydroxylation sites is 3. The molecule has 1 aliphatic carbocycles. The molecule has 222 valence electrons. The highest BCUT2D eigenvalue weighted by atomic mass is 16.3. The molecular formula is C43H29N3O. The van der Waals surface area contributed by atoms with Crippen molar-refractivity contribution in [3.05, 3.63) is 151 Å². The zero-order valence-corrected chi connectivity index (χ0v) is 26.0. The Kier molecular flexibility index (Phi) is 5.31. The molecule has 0 atom stereocenters. The lowest BCUT2D eigenvalue weighted by Gasteiger charge is -2.21. The van der Waals surface area contributed by atoms with Gasteiger partial charge in [0.05, 0.1) is 11.0 Å². The van der Waals surface area contributed by atoms with Crippen LogP contribution in [0.3, 0.4) is 0 Å². The zero-order valence-electron chi connectivity index (χ0n) is 26.0. The van der Waals surface area contributed by atoms with Gasteiger partial charge in [0.25, 0.3) is 0 Å². The Morgan fingerprint density at radius 3 is 2.04 bits per heavy atom. The fraction of sp³-hybridized carbons (Fsp3) is 0.0698. The molecule has 0 unspecified atom stereocenters. The van der Waals surface area contributed by atoms with Crippen molar-refractivity contribution < 1.29 is 4.42 Å². The van der Waals surface area contributed by atoms with Gasteiger partial charge >= 0.3 is 0 Å². The predicted molar refractivity (Wildman–Crippen MR) is 192 cm³/mol. The van der Waals surface area contributed by atoms with E-state index in [4.69, 9.17) is 14.4 Å². The summed E-state index contributed by atoms with van der Waals surface area (Å²) in [7, 11) is 0. The summed E-state index contributed by atoms with van der Waals surface area (Å²) in [6.07, 6.45) is 0. The van der Waals surface area contributed by atoms with Crippen LogP contribution < -0.4 is 0 Å². The number of hydrogen-bond acceptors (Lipinski definition) is 3. The SMILES string of the molecule is CC1(C)c2ccccc2-c2ccc(-c3nc(-c4cccc(-n5c6ccccc6c6ccccc65)c4)c4oc5ccccc5c4n3)cc21. The molecule has 4 heteroatoms. The number of fused-ring (bicyclic) bond motifs is 9. The lowest BCUT2D eigenvalue weighted by Crippen LogP contribution is -2.15. The summed E-state index contributed by atoms with van der Waals surface area (Å²) in [6, 6.07) is 49.4. The molecule has 0 fully saturated rings. The van der Waals surface area contributed by atoms with Crippen LogP contribution in [0.2, 0.25) is 0 Å². The van der Waals surface area contributed by atoms with Gasteiger partial charge in [0.15, 0.2) is 11.4 Å². The van der Waals surface area contributed by atoms with Crippen molar-refractivity contribution in [2.24, 2.45) is 0 Å². The lowest BCUT2D eigenvalue weighted by atomic mass is 9.82. The molecule has 4 nitrogen and oxygen atoms in total. The molecule has 0 aliphatic heterocycles. The lowest BCUT2D eigenvalue weighted by molar-refractivity contribution is 0.660. The number of rotatable bonds is 3. The van der Waals surface area contributed by atoms with Crippen LogP contribution in [0.5, 0.6) is 0 Å². The van der Waals surface area contributed by atoms with Gasteiger partial charge in [0, 0.05) is 38.4 Å². The zero-order chi connectivity index (χ0) is 31.3. The minimum Gasteiger partial charge on any atom is -0.452 e. The molecule has 6 aromatic carbocycles. The summed E-state index contributed by atoms with van der Waals surface area (Å²) in [4.78, 5) is 10.5. The third kappa shape index (κ3) is 3.70. The van der Waals surface area contributed by atoms with Crippen LogP contribution in [0.4, 0.5) is 0 Å². The van der Waals surface area contributed by atoms with Gasteiger partial charge in [-0.2, -0.15) is 0 Å². The van der Waals surface area contributed by atoms with Crippen molar-refractivity contribution in [1.82, 2.24) is 14.5 Å². The first kappa shape index (κ1) is 26.2. The van der Waals surface area contributed by atoms with Crippen molar-refractivity contribution in [2.75, 3.05) is 0 Å².